The van der Waals surface area contributed by atoms with Crippen molar-refractivity contribution in [2.75, 3.05) is 65.9 Å². The molecule has 0 aromatic heterocycles. The maximum atomic E-state index is 13.2. The van der Waals surface area contributed by atoms with E-state index in [9.17, 15) is 43.2 Å². The molecule has 20 heteroatoms. The number of carbonyl (C=O) groups excluding carboxylic acids is 9. The summed E-state index contributed by atoms with van der Waals surface area (Å²) in [6.07, 6.45) is 31.9. The molecule has 6 amide bonds. The summed E-state index contributed by atoms with van der Waals surface area (Å²) in [7, 11) is 0. The van der Waals surface area contributed by atoms with E-state index in [-0.39, 0.29) is 77.3 Å². The maximum Gasteiger partial charge on any atom is 0.306 e. The average Bonchev–Trinajstić information content (AvgIpc) is 3.66. The molecule has 2 unspecified atom stereocenters. The lowest BCUT2D eigenvalue weighted by atomic mass is 9.97. The van der Waals surface area contributed by atoms with Crippen molar-refractivity contribution in [1.82, 2.24) is 20.9 Å². The van der Waals surface area contributed by atoms with Crippen LogP contribution in [0.5, 0.6) is 0 Å². The van der Waals surface area contributed by atoms with Gasteiger partial charge in [-0.25, -0.2) is 0 Å². The lowest BCUT2D eigenvalue weighted by Crippen LogP contribution is -2.49. The van der Waals surface area contributed by atoms with Crippen LogP contribution in [0.4, 0.5) is 0 Å². The third-order valence-electron chi connectivity index (χ3n) is 15.0. The third kappa shape index (κ3) is 45.4. The van der Waals surface area contributed by atoms with E-state index in [0.29, 0.717) is 26.2 Å². The molecule has 0 radical (unpaired) electrons. The highest BCUT2D eigenvalue weighted by Crippen LogP contribution is 2.15. The van der Waals surface area contributed by atoms with Crippen molar-refractivity contribution in [3.63, 3.8) is 0 Å². The second-order valence-corrected chi connectivity index (χ2v) is 23.3. The van der Waals surface area contributed by atoms with Crippen molar-refractivity contribution in [1.29, 1.82) is 0 Å². The molecule has 1 aromatic rings. The molecule has 0 aliphatic rings. The summed E-state index contributed by atoms with van der Waals surface area (Å²) in [6, 6.07) is 6.87. The van der Waals surface area contributed by atoms with Gasteiger partial charge in [0.05, 0.1) is 51.5 Å². The number of primary amides is 2. The second-order valence-electron chi connectivity index (χ2n) is 23.3. The fourth-order valence-corrected chi connectivity index (χ4v) is 9.56. The van der Waals surface area contributed by atoms with Gasteiger partial charge in [-0.2, -0.15) is 0 Å². The lowest BCUT2D eigenvalue weighted by molar-refractivity contribution is -0.148. The van der Waals surface area contributed by atoms with E-state index >= 15 is 0 Å². The molecule has 1 aromatic carbocycles. The summed E-state index contributed by atoms with van der Waals surface area (Å²) < 4.78 is 28.6. The Morgan fingerprint density at radius 1 is 0.552 bits per heavy atom. The molecule has 0 saturated carbocycles. The van der Waals surface area contributed by atoms with Crippen molar-refractivity contribution >= 4 is 53.0 Å². The number of Topliss-reactive ketones (excluding diaryl/α,β-unsaturated/α-hetero) is 1. The number of ketones is 2. The number of hydrogen-bond acceptors (Lipinski definition) is 14. The maximum absolute atomic E-state index is 13.2. The first-order valence-electron chi connectivity index (χ1n) is 33.0. The SMILES string of the molecule is CCCCCCCCCCCCCCOCC(CNC(=O)CC(C)[C@H](NC(=O)CCOCCOCCCC(=O)/C=C/C(=O)N(CC(N)=O)CC(=O)[C@H](C)NC(=O)[C@H](C)CC(=O)OCc1ccccc1)C(N)=O)OCCCCCCCCCCCCCC. The predicted octanol–water partition coefficient (Wildman–Crippen LogP) is 9.39. The molecule has 87 heavy (non-hydrogen) atoms. The number of nitrogens with zero attached hydrogens (tertiary/aromatic N) is 1. The van der Waals surface area contributed by atoms with Gasteiger partial charge >= 0.3 is 5.97 Å². The van der Waals surface area contributed by atoms with Gasteiger partial charge in [0.1, 0.15) is 19.2 Å². The Bertz CT molecular complexity index is 2080. The molecule has 0 aliphatic carbocycles. The predicted molar refractivity (Wildman–Crippen MR) is 339 cm³/mol. The summed E-state index contributed by atoms with van der Waals surface area (Å²) in [5.74, 6) is -6.88. The third-order valence-corrected chi connectivity index (χ3v) is 15.0. The zero-order valence-electron chi connectivity index (χ0n) is 54.0. The van der Waals surface area contributed by atoms with Crippen molar-refractivity contribution in [2.24, 2.45) is 23.3 Å². The van der Waals surface area contributed by atoms with Gasteiger partial charge in [-0.05, 0) is 43.7 Å². The largest absolute Gasteiger partial charge is 0.461 e. The number of nitrogens with two attached hydrogens (primary N) is 2. The van der Waals surface area contributed by atoms with Crippen molar-refractivity contribution in [2.45, 2.75) is 246 Å². The minimum absolute atomic E-state index is 0.0186. The van der Waals surface area contributed by atoms with Gasteiger partial charge in [-0.1, -0.05) is 199 Å². The normalized spacial score (nSPS) is 13.1. The summed E-state index contributed by atoms with van der Waals surface area (Å²) in [5.41, 5.74) is 11.8. The number of benzene rings is 1. The van der Waals surface area contributed by atoms with Gasteiger partial charge in [0.15, 0.2) is 11.6 Å². The van der Waals surface area contributed by atoms with Gasteiger partial charge < -0.3 is 56.0 Å². The van der Waals surface area contributed by atoms with E-state index in [1.165, 1.54) is 142 Å². The molecule has 0 saturated heterocycles. The lowest BCUT2D eigenvalue weighted by Gasteiger charge is -2.23. The minimum atomic E-state index is -1.09. The number of esters is 1. The summed E-state index contributed by atoms with van der Waals surface area (Å²) >= 11 is 0. The molecule has 496 valence electrons. The molecular formula is C67H114N6O14. The van der Waals surface area contributed by atoms with Crippen LogP contribution in [0, 0.1) is 11.8 Å². The monoisotopic (exact) mass is 1230 g/mol. The number of rotatable bonds is 59. The molecule has 1 rings (SSSR count). The molecule has 7 N–H and O–H groups in total. The Labute approximate surface area is 521 Å². The minimum Gasteiger partial charge on any atom is -0.461 e. The van der Waals surface area contributed by atoms with Crippen LogP contribution in [-0.4, -0.2) is 142 Å². The van der Waals surface area contributed by atoms with Crippen LogP contribution in [0.3, 0.4) is 0 Å². The van der Waals surface area contributed by atoms with Crippen LogP contribution >= 0.6 is 0 Å². The number of nitrogens with one attached hydrogen (secondary N) is 3. The first-order chi connectivity index (χ1) is 42.0. The number of carbonyl (C=O) groups is 9. The highest BCUT2D eigenvalue weighted by Gasteiger charge is 2.28. The van der Waals surface area contributed by atoms with E-state index < -0.39 is 84.1 Å². The fourth-order valence-electron chi connectivity index (χ4n) is 9.56. The van der Waals surface area contributed by atoms with Crippen molar-refractivity contribution < 1.29 is 66.8 Å². The molecule has 0 aliphatic heterocycles. The Balaban J connectivity index is 2.45. The van der Waals surface area contributed by atoms with Crippen LogP contribution in [0.2, 0.25) is 0 Å². The van der Waals surface area contributed by atoms with Gasteiger partial charge in [0.25, 0.3) is 0 Å². The quantitative estimate of drug-likeness (QED) is 0.0231. The molecular weight excluding hydrogens is 1110 g/mol. The van der Waals surface area contributed by atoms with Crippen LogP contribution in [-0.2, 0) is 73.4 Å². The van der Waals surface area contributed by atoms with Crippen molar-refractivity contribution in [3.8, 4) is 0 Å². The summed E-state index contributed by atoms with van der Waals surface area (Å²) in [6.45, 7) is 10.3. The molecule has 20 nitrogen and oxygen atoms in total. The number of allylic oxidation sites excluding steroid dienone is 1. The highest BCUT2D eigenvalue weighted by atomic mass is 16.5. The highest BCUT2D eigenvalue weighted by molar-refractivity contribution is 6.01. The van der Waals surface area contributed by atoms with Crippen LogP contribution in [0.1, 0.15) is 226 Å². The molecule has 5 atom stereocenters. The first-order valence-corrected chi connectivity index (χ1v) is 33.0. The Morgan fingerprint density at radius 2 is 1.08 bits per heavy atom. The average molecular weight is 1230 g/mol. The van der Waals surface area contributed by atoms with E-state index in [1.54, 1.807) is 19.1 Å². The number of ether oxygens (including phenoxy) is 5. The zero-order chi connectivity index (χ0) is 64.1. The Morgan fingerprint density at radius 3 is 1.63 bits per heavy atom. The van der Waals surface area contributed by atoms with Crippen molar-refractivity contribution in [3.05, 3.63) is 48.0 Å². The Hall–Kier alpha value is -5.57. The fraction of sp³-hybridized carbons (Fsp3) is 0.746. The summed E-state index contributed by atoms with van der Waals surface area (Å²) in [5, 5.41) is 8.12. The van der Waals surface area contributed by atoms with Crippen LogP contribution < -0.4 is 27.4 Å². The van der Waals surface area contributed by atoms with Crippen LogP contribution in [0.15, 0.2) is 42.5 Å². The van der Waals surface area contributed by atoms with E-state index in [2.05, 4.69) is 29.8 Å². The van der Waals surface area contributed by atoms with Gasteiger partial charge in [0, 0.05) is 57.6 Å². The zero-order valence-corrected chi connectivity index (χ0v) is 54.0. The smallest absolute Gasteiger partial charge is 0.306 e. The second kappa shape index (κ2) is 53.5. The van der Waals surface area contributed by atoms with E-state index in [1.807, 2.05) is 18.2 Å². The van der Waals surface area contributed by atoms with E-state index in [0.717, 1.165) is 48.3 Å². The molecule has 0 spiro atoms. The summed E-state index contributed by atoms with van der Waals surface area (Å²) in [4.78, 5) is 115. The van der Waals surface area contributed by atoms with E-state index in [4.69, 9.17) is 35.2 Å². The van der Waals surface area contributed by atoms with Gasteiger partial charge in [-0.3, -0.25) is 43.2 Å². The first kappa shape index (κ1) is 79.4. The van der Waals surface area contributed by atoms with Gasteiger partial charge in [0.2, 0.25) is 35.4 Å². The van der Waals surface area contributed by atoms with Crippen LogP contribution in [0.25, 0.3) is 0 Å². The number of amides is 6. The molecule has 0 heterocycles. The molecule has 0 bridgehead atoms. The topological polar surface area (TPSA) is 291 Å². The number of hydrogen-bond donors (Lipinski definition) is 5. The molecule has 0 fully saturated rings. The van der Waals surface area contributed by atoms with Gasteiger partial charge in [-0.15, -0.1) is 0 Å². The standard InChI is InChI=1S/C67H114N6O14/c1-6-8-10-12-14-16-18-20-22-24-26-31-40-85-52-58(86-42-32-27-25-23-21-19-17-15-13-11-9-7-2)48-70-62(78)46-53(3)65(66(69)81)72-61(77)39-43-84-45-44-83-41-33-36-57(74)37-38-63(79)73(50-60(68)76)49-59(75)55(5)71-67(82)54(4)47-64(80)87-51-56-34-29-28-30-35-56/h28-30,34-35,37-38,53-55,58,65H,6-27,31-33,36,39-52H2,1-5H3,(H2,68,76)(H2,69,81)(H,70,78)(H,71,82)(H,72,77)/b38-37+/t53?,54-,55+,58?,65+/m1/s1. The Kier molecular flexibility index (Phi) is 48.8. The number of unbranched alkanes of at least 4 members (excludes halogenated alkanes) is 22.